The molecule has 4 saturated carbocycles. The molecule has 0 aliphatic heterocycles. The van der Waals surface area contributed by atoms with E-state index in [0.717, 1.165) is 37.5 Å². The van der Waals surface area contributed by atoms with Crippen molar-refractivity contribution in [2.75, 3.05) is 0 Å². The van der Waals surface area contributed by atoms with E-state index in [1.54, 1.807) is 11.1 Å². The quantitative estimate of drug-likeness (QED) is 0.456. The smallest absolute Gasteiger partial charge is 0.140 e. The number of aliphatic hydroxyl groups excluding tert-OH is 1. The fraction of sp³-hybridized carbons (Fsp3) is 0.900. The van der Waals surface area contributed by atoms with Gasteiger partial charge in [0.15, 0.2) is 0 Å². The van der Waals surface area contributed by atoms with E-state index >= 15 is 0 Å². The van der Waals surface area contributed by atoms with Gasteiger partial charge in [-0.15, -0.1) is 0 Å². The van der Waals surface area contributed by atoms with Crippen LogP contribution in [-0.4, -0.2) is 17.0 Å². The van der Waals surface area contributed by atoms with Crippen molar-refractivity contribution >= 4 is 5.78 Å². The Morgan fingerprint density at radius 2 is 1.56 bits per heavy atom. The number of ketones is 1. The predicted molar refractivity (Wildman–Crippen MR) is 131 cm³/mol. The van der Waals surface area contributed by atoms with Crippen molar-refractivity contribution < 1.29 is 9.90 Å². The lowest BCUT2D eigenvalue weighted by Gasteiger charge is -2.68. The molecule has 0 aromatic carbocycles. The molecule has 2 nitrogen and oxygen atoms in total. The third-order valence-corrected chi connectivity index (χ3v) is 12.5. The van der Waals surface area contributed by atoms with Crippen LogP contribution in [0.2, 0.25) is 0 Å². The van der Waals surface area contributed by atoms with Crippen LogP contribution in [0.3, 0.4) is 0 Å². The normalized spacial score (nSPS) is 49.8. The highest BCUT2D eigenvalue weighted by molar-refractivity contribution is 5.87. The van der Waals surface area contributed by atoms with Gasteiger partial charge in [-0.25, -0.2) is 0 Å². The number of allylic oxidation sites excluding steroid dienone is 2. The van der Waals surface area contributed by atoms with E-state index < -0.39 is 0 Å². The lowest BCUT2D eigenvalue weighted by Crippen LogP contribution is -2.62. The molecule has 0 bridgehead atoms. The first-order valence-corrected chi connectivity index (χ1v) is 13.8. The van der Waals surface area contributed by atoms with Crippen molar-refractivity contribution in [2.45, 2.75) is 119 Å². The second-order valence-electron chi connectivity index (χ2n) is 14.1. The van der Waals surface area contributed by atoms with Crippen molar-refractivity contribution in [2.24, 2.45) is 51.2 Å². The van der Waals surface area contributed by atoms with Crippen molar-refractivity contribution in [3.8, 4) is 0 Å². The van der Waals surface area contributed by atoms with Crippen LogP contribution in [0.25, 0.3) is 0 Å². The molecule has 5 aliphatic carbocycles. The number of Topliss-reactive ketones (excluding diaryl/α,β-unsaturated/α-hetero) is 1. The summed E-state index contributed by atoms with van der Waals surface area (Å²) >= 11 is 0. The predicted octanol–water partition coefficient (Wildman–Crippen LogP) is 7.35. The van der Waals surface area contributed by atoms with Gasteiger partial charge < -0.3 is 5.11 Å². The largest absolute Gasteiger partial charge is 0.393 e. The zero-order valence-corrected chi connectivity index (χ0v) is 21.9. The third-order valence-electron chi connectivity index (χ3n) is 12.5. The molecule has 5 aliphatic rings. The molecule has 0 aromatic heterocycles. The molecule has 32 heavy (non-hydrogen) atoms. The molecular weight excluding hydrogens is 392 g/mol. The molecule has 4 fully saturated rings. The zero-order chi connectivity index (χ0) is 23.3. The summed E-state index contributed by atoms with van der Waals surface area (Å²) in [6, 6.07) is 0. The molecule has 8 unspecified atom stereocenters. The molecule has 2 heteroatoms. The standard InChI is InChI=1S/C30H48O2/c1-18(2)20-10-16-30(19(3)31)17-11-22-21(26(20)30)8-9-24-28(22,6)14-12-23-27(4,5)25(32)13-15-29(23,24)7/h18,21-25,32H,8-17H2,1-7H3. The molecule has 0 heterocycles. The molecule has 0 saturated heterocycles. The summed E-state index contributed by atoms with van der Waals surface area (Å²) in [5.41, 5.74) is 3.93. The maximum absolute atomic E-state index is 13.1. The lowest BCUT2D eigenvalue weighted by atomic mass is 9.36. The highest BCUT2D eigenvalue weighted by Gasteiger charge is 2.66. The summed E-state index contributed by atoms with van der Waals surface area (Å²) in [7, 11) is 0. The summed E-state index contributed by atoms with van der Waals surface area (Å²) in [5.74, 6) is 3.79. The van der Waals surface area contributed by atoms with Gasteiger partial charge in [-0.1, -0.05) is 52.7 Å². The first kappa shape index (κ1) is 23.1. The Balaban J connectivity index is 1.55. The topological polar surface area (TPSA) is 37.3 Å². The Bertz CT molecular complexity index is 836. The maximum Gasteiger partial charge on any atom is 0.140 e. The van der Waals surface area contributed by atoms with Crippen LogP contribution in [0.1, 0.15) is 113 Å². The molecule has 8 atom stereocenters. The summed E-state index contributed by atoms with van der Waals surface area (Å²) in [4.78, 5) is 13.1. The highest BCUT2D eigenvalue weighted by Crippen LogP contribution is 2.73. The minimum absolute atomic E-state index is 0.0281. The zero-order valence-electron chi connectivity index (χ0n) is 21.9. The maximum atomic E-state index is 13.1. The molecule has 0 amide bonds. The molecule has 0 radical (unpaired) electrons. The molecule has 5 rings (SSSR count). The minimum Gasteiger partial charge on any atom is -0.393 e. The summed E-state index contributed by atoms with van der Waals surface area (Å²) < 4.78 is 0. The number of aliphatic hydroxyl groups is 1. The summed E-state index contributed by atoms with van der Waals surface area (Å²) in [5, 5.41) is 10.9. The number of fused-ring (bicyclic) bond motifs is 7. The second-order valence-corrected chi connectivity index (χ2v) is 14.1. The van der Waals surface area contributed by atoms with Crippen LogP contribution in [-0.2, 0) is 4.79 Å². The summed E-state index contributed by atoms with van der Waals surface area (Å²) in [6.07, 6.45) is 11.8. The van der Waals surface area contributed by atoms with E-state index in [2.05, 4.69) is 41.5 Å². The Hall–Kier alpha value is -0.630. The number of carbonyl (C=O) groups is 1. The summed E-state index contributed by atoms with van der Waals surface area (Å²) in [6.45, 7) is 16.5. The van der Waals surface area contributed by atoms with E-state index in [4.69, 9.17) is 0 Å². The van der Waals surface area contributed by atoms with E-state index in [1.807, 2.05) is 6.92 Å². The van der Waals surface area contributed by atoms with E-state index in [0.29, 0.717) is 34.4 Å². The van der Waals surface area contributed by atoms with Gasteiger partial charge in [0.25, 0.3) is 0 Å². The van der Waals surface area contributed by atoms with Crippen molar-refractivity contribution in [1.29, 1.82) is 0 Å². The van der Waals surface area contributed by atoms with Crippen LogP contribution >= 0.6 is 0 Å². The van der Waals surface area contributed by atoms with Gasteiger partial charge >= 0.3 is 0 Å². The Kier molecular flexibility index (Phi) is 5.20. The van der Waals surface area contributed by atoms with Crippen LogP contribution in [0.15, 0.2) is 11.1 Å². The monoisotopic (exact) mass is 440 g/mol. The van der Waals surface area contributed by atoms with Crippen molar-refractivity contribution in [3.63, 3.8) is 0 Å². The van der Waals surface area contributed by atoms with E-state index in [1.165, 1.54) is 38.5 Å². The first-order chi connectivity index (χ1) is 14.9. The molecule has 1 N–H and O–H groups in total. The van der Waals surface area contributed by atoms with Crippen LogP contribution in [0, 0.1) is 51.2 Å². The number of carbonyl (C=O) groups excluding carboxylic acids is 1. The fourth-order valence-corrected chi connectivity index (χ4v) is 10.9. The number of hydrogen-bond donors (Lipinski definition) is 1. The average molecular weight is 441 g/mol. The Morgan fingerprint density at radius 1 is 0.875 bits per heavy atom. The first-order valence-electron chi connectivity index (χ1n) is 13.8. The van der Waals surface area contributed by atoms with E-state index in [-0.39, 0.29) is 16.9 Å². The van der Waals surface area contributed by atoms with Gasteiger partial charge in [0.05, 0.1) is 11.5 Å². The highest BCUT2D eigenvalue weighted by atomic mass is 16.3. The fourth-order valence-electron chi connectivity index (χ4n) is 10.9. The molecule has 0 spiro atoms. The molecule has 180 valence electrons. The molecular formula is C30H48O2. The van der Waals surface area contributed by atoms with Gasteiger partial charge in [0.2, 0.25) is 0 Å². The van der Waals surface area contributed by atoms with Gasteiger partial charge in [-0.2, -0.15) is 0 Å². The van der Waals surface area contributed by atoms with Gasteiger partial charge in [-0.05, 0) is 117 Å². The minimum atomic E-state index is -0.149. The van der Waals surface area contributed by atoms with Crippen molar-refractivity contribution in [3.05, 3.63) is 11.1 Å². The van der Waals surface area contributed by atoms with E-state index in [9.17, 15) is 9.90 Å². The lowest BCUT2D eigenvalue weighted by molar-refractivity contribution is -0.203. The van der Waals surface area contributed by atoms with Gasteiger partial charge in [0, 0.05) is 0 Å². The number of hydrogen-bond acceptors (Lipinski definition) is 2. The second kappa shape index (κ2) is 7.19. The SMILES string of the molecule is CC(=O)C12CCC(C(C)C)=C1C1CCC3C(C)(CCC4C(C)(C)C(O)CCC43C)C1CC2. The van der Waals surface area contributed by atoms with Crippen LogP contribution in [0.5, 0.6) is 0 Å². The Morgan fingerprint density at radius 3 is 2.22 bits per heavy atom. The van der Waals surface area contributed by atoms with Crippen molar-refractivity contribution in [1.82, 2.24) is 0 Å². The van der Waals surface area contributed by atoms with Gasteiger partial charge in [0.1, 0.15) is 5.78 Å². The molecule has 0 aromatic rings. The third kappa shape index (κ3) is 2.77. The van der Waals surface area contributed by atoms with Gasteiger partial charge in [-0.3, -0.25) is 4.79 Å². The van der Waals surface area contributed by atoms with Crippen LogP contribution < -0.4 is 0 Å². The average Bonchev–Trinajstić information content (AvgIpc) is 3.12. The van der Waals surface area contributed by atoms with Crippen LogP contribution in [0.4, 0.5) is 0 Å². The number of rotatable bonds is 2. The Labute approximate surface area is 197 Å².